The number of methoxy groups -OCH3 is 2. The fourth-order valence-electron chi connectivity index (χ4n) is 2.31. The van der Waals surface area contributed by atoms with E-state index in [-0.39, 0.29) is 12.4 Å². The smallest absolute Gasteiger partial charge is 0.258 e. The Hall–Kier alpha value is -3.35. The van der Waals surface area contributed by atoms with Crippen LogP contribution in [0.3, 0.4) is 0 Å². The number of ether oxygens (including phenoxy) is 3. The predicted molar refractivity (Wildman–Crippen MR) is 93.6 cm³/mol. The molecule has 0 aliphatic carbocycles. The van der Waals surface area contributed by atoms with Gasteiger partial charge in [-0.05, 0) is 49.4 Å². The highest BCUT2D eigenvalue weighted by molar-refractivity contribution is 5.94. The van der Waals surface area contributed by atoms with E-state index in [1.807, 2.05) is 24.3 Å². The van der Waals surface area contributed by atoms with Gasteiger partial charge < -0.3 is 18.7 Å². The molecule has 0 saturated heterocycles. The molecule has 0 N–H and O–H groups in total. The first-order valence-electron chi connectivity index (χ1n) is 7.89. The quantitative estimate of drug-likeness (QED) is 0.600. The van der Waals surface area contributed by atoms with Crippen molar-refractivity contribution in [1.82, 2.24) is 10.1 Å². The Labute approximate surface area is 150 Å². The second-order valence-electron chi connectivity index (χ2n) is 5.45. The van der Waals surface area contributed by atoms with Crippen molar-refractivity contribution >= 4 is 5.78 Å². The predicted octanol–water partition coefficient (Wildman–Crippen LogP) is 3.54. The molecule has 0 fully saturated rings. The van der Waals surface area contributed by atoms with Gasteiger partial charge in [0.05, 0.1) is 14.2 Å². The lowest BCUT2D eigenvalue weighted by Gasteiger charge is -2.10. The summed E-state index contributed by atoms with van der Waals surface area (Å²) in [6.45, 7) is 1.60. The molecule has 3 aromatic rings. The summed E-state index contributed by atoms with van der Waals surface area (Å²) in [7, 11) is 3.12. The lowest BCUT2D eigenvalue weighted by Crippen LogP contribution is -2.01. The number of aromatic nitrogens is 2. The largest absolute Gasteiger partial charge is 0.497 e. The first-order valence-corrected chi connectivity index (χ1v) is 7.89. The average Bonchev–Trinajstić information content (AvgIpc) is 3.15. The van der Waals surface area contributed by atoms with Crippen molar-refractivity contribution < 1.29 is 23.5 Å². The minimum absolute atomic E-state index is 0.0443. The van der Waals surface area contributed by atoms with Gasteiger partial charge in [-0.1, -0.05) is 5.16 Å². The molecule has 134 valence electrons. The number of rotatable bonds is 7. The van der Waals surface area contributed by atoms with Gasteiger partial charge in [-0.25, -0.2) is 0 Å². The van der Waals surface area contributed by atoms with E-state index in [9.17, 15) is 4.79 Å². The minimum atomic E-state index is -0.0443. The number of nitrogens with zero attached hydrogens (tertiary/aromatic N) is 2. The van der Waals surface area contributed by atoms with Crippen LogP contribution in [0.5, 0.6) is 17.2 Å². The monoisotopic (exact) mass is 354 g/mol. The zero-order valence-electron chi connectivity index (χ0n) is 14.7. The topological polar surface area (TPSA) is 83.7 Å². The maximum Gasteiger partial charge on any atom is 0.258 e. The van der Waals surface area contributed by atoms with Crippen molar-refractivity contribution in [2.45, 2.75) is 13.5 Å². The van der Waals surface area contributed by atoms with Gasteiger partial charge in [-0.2, -0.15) is 4.98 Å². The third kappa shape index (κ3) is 3.83. The highest BCUT2D eigenvalue weighted by Gasteiger charge is 2.12. The van der Waals surface area contributed by atoms with E-state index in [0.717, 1.165) is 11.3 Å². The van der Waals surface area contributed by atoms with Crippen molar-refractivity contribution in [2.75, 3.05) is 14.2 Å². The molecule has 0 amide bonds. The molecule has 0 aliphatic heterocycles. The average molecular weight is 354 g/mol. The van der Waals surface area contributed by atoms with Crippen molar-refractivity contribution in [3.05, 3.63) is 53.9 Å². The number of hydrogen-bond acceptors (Lipinski definition) is 7. The molecule has 2 aromatic carbocycles. The summed E-state index contributed by atoms with van der Waals surface area (Å²) in [5.41, 5.74) is 1.34. The molecule has 0 bridgehead atoms. The summed E-state index contributed by atoms with van der Waals surface area (Å²) >= 11 is 0. The van der Waals surface area contributed by atoms with Gasteiger partial charge in [0.25, 0.3) is 5.89 Å². The first-order chi connectivity index (χ1) is 12.6. The van der Waals surface area contributed by atoms with Crippen LogP contribution in [0.4, 0.5) is 0 Å². The lowest BCUT2D eigenvalue weighted by atomic mass is 10.1. The van der Waals surface area contributed by atoms with E-state index in [4.69, 9.17) is 18.7 Å². The summed E-state index contributed by atoms with van der Waals surface area (Å²) in [6, 6.07) is 12.3. The van der Waals surface area contributed by atoms with Gasteiger partial charge >= 0.3 is 0 Å². The highest BCUT2D eigenvalue weighted by atomic mass is 16.5. The van der Waals surface area contributed by atoms with Gasteiger partial charge in [-0.3, -0.25) is 4.79 Å². The molecular formula is C19H18N2O5. The molecule has 26 heavy (non-hydrogen) atoms. The van der Waals surface area contributed by atoms with Crippen molar-refractivity contribution in [3.8, 4) is 28.7 Å². The minimum Gasteiger partial charge on any atom is -0.497 e. The fourth-order valence-corrected chi connectivity index (χ4v) is 2.31. The number of hydrogen-bond donors (Lipinski definition) is 0. The van der Waals surface area contributed by atoms with Crippen molar-refractivity contribution in [3.63, 3.8) is 0 Å². The molecular weight excluding hydrogens is 336 g/mol. The second kappa shape index (κ2) is 7.69. The third-order valence-corrected chi connectivity index (χ3v) is 3.73. The third-order valence-electron chi connectivity index (χ3n) is 3.73. The zero-order valence-corrected chi connectivity index (χ0v) is 14.7. The van der Waals surface area contributed by atoms with Crippen molar-refractivity contribution in [1.29, 1.82) is 0 Å². The van der Waals surface area contributed by atoms with Gasteiger partial charge in [0.2, 0.25) is 5.82 Å². The van der Waals surface area contributed by atoms with Gasteiger partial charge in [0.15, 0.2) is 23.9 Å². The van der Waals surface area contributed by atoms with E-state index in [1.54, 1.807) is 25.3 Å². The van der Waals surface area contributed by atoms with Crippen LogP contribution in [-0.4, -0.2) is 30.1 Å². The molecule has 1 aromatic heterocycles. The standard InChI is InChI=1S/C19H18N2O5/c1-12(22)14-6-9-16(17(10-14)24-3)25-11-18-20-19(26-21-18)13-4-7-15(23-2)8-5-13/h4-10H,11H2,1-3H3. The molecule has 0 atom stereocenters. The Bertz CT molecular complexity index is 903. The molecule has 0 aliphatic rings. The fraction of sp³-hybridized carbons (Fsp3) is 0.211. The van der Waals surface area contributed by atoms with E-state index in [1.165, 1.54) is 14.0 Å². The van der Waals surface area contributed by atoms with Gasteiger partial charge in [0, 0.05) is 11.1 Å². The van der Waals surface area contributed by atoms with Gasteiger partial charge in [-0.15, -0.1) is 0 Å². The molecule has 7 heteroatoms. The maximum absolute atomic E-state index is 11.4. The number of benzene rings is 2. The van der Waals surface area contributed by atoms with Crippen LogP contribution >= 0.6 is 0 Å². The van der Waals surface area contributed by atoms with E-state index < -0.39 is 0 Å². The normalized spacial score (nSPS) is 10.4. The van der Waals surface area contributed by atoms with Crippen LogP contribution in [0.2, 0.25) is 0 Å². The van der Waals surface area contributed by atoms with Crippen LogP contribution in [0, 0.1) is 0 Å². The summed E-state index contributed by atoms with van der Waals surface area (Å²) in [5.74, 6) is 2.46. The number of carbonyl (C=O) groups is 1. The Morgan fingerprint density at radius 2 is 1.81 bits per heavy atom. The van der Waals surface area contributed by atoms with Crippen LogP contribution in [0.25, 0.3) is 11.5 Å². The molecule has 0 spiro atoms. The summed E-state index contributed by atoms with van der Waals surface area (Å²) in [6.07, 6.45) is 0. The SMILES string of the molecule is COc1ccc(-c2nc(COc3ccc(C(C)=O)cc3OC)no2)cc1. The van der Waals surface area contributed by atoms with Crippen molar-refractivity contribution in [2.24, 2.45) is 0 Å². The summed E-state index contributed by atoms with van der Waals surface area (Å²) in [4.78, 5) is 15.8. The number of Topliss-reactive ketones (excluding diaryl/α,β-unsaturated/α-hetero) is 1. The maximum atomic E-state index is 11.4. The second-order valence-corrected chi connectivity index (χ2v) is 5.45. The lowest BCUT2D eigenvalue weighted by molar-refractivity contribution is 0.101. The Morgan fingerprint density at radius 3 is 2.46 bits per heavy atom. The van der Waals surface area contributed by atoms with Crippen LogP contribution in [0.15, 0.2) is 47.0 Å². The Morgan fingerprint density at radius 1 is 1.04 bits per heavy atom. The number of ketones is 1. The van der Waals surface area contributed by atoms with E-state index in [0.29, 0.717) is 28.8 Å². The van der Waals surface area contributed by atoms with Crippen LogP contribution in [-0.2, 0) is 6.61 Å². The molecule has 0 radical (unpaired) electrons. The van der Waals surface area contributed by atoms with Gasteiger partial charge in [0.1, 0.15) is 5.75 Å². The van der Waals surface area contributed by atoms with E-state index >= 15 is 0 Å². The van der Waals surface area contributed by atoms with Crippen LogP contribution < -0.4 is 14.2 Å². The molecule has 1 heterocycles. The zero-order chi connectivity index (χ0) is 18.5. The molecule has 0 saturated carbocycles. The molecule has 0 unspecified atom stereocenters. The molecule has 7 nitrogen and oxygen atoms in total. The summed E-state index contributed by atoms with van der Waals surface area (Å²) in [5, 5.41) is 3.91. The summed E-state index contributed by atoms with van der Waals surface area (Å²) < 4.78 is 21.3. The first kappa shape index (κ1) is 17.5. The van der Waals surface area contributed by atoms with Crippen LogP contribution in [0.1, 0.15) is 23.1 Å². The Balaban J connectivity index is 1.70. The van der Waals surface area contributed by atoms with E-state index in [2.05, 4.69) is 10.1 Å². The molecule has 3 rings (SSSR count). The number of carbonyl (C=O) groups excluding carboxylic acids is 1. The highest BCUT2D eigenvalue weighted by Crippen LogP contribution is 2.29. The Kier molecular flexibility index (Phi) is 5.17.